The normalized spacial score (nSPS) is 11.0. The Morgan fingerprint density at radius 2 is 2.15 bits per heavy atom. The second-order valence-electron chi connectivity index (χ2n) is 3.11. The van der Waals surface area contributed by atoms with Gasteiger partial charge in [0.25, 0.3) is 0 Å². The van der Waals surface area contributed by atoms with Gasteiger partial charge in [-0.15, -0.1) is 0 Å². The van der Waals surface area contributed by atoms with Crippen LogP contribution in [0.1, 0.15) is 5.69 Å². The molecule has 68 valence electrons. The zero-order valence-corrected chi connectivity index (χ0v) is 8.26. The molecule has 13 heavy (non-hydrogen) atoms. The number of anilines is 1. The van der Waals surface area contributed by atoms with Crippen molar-refractivity contribution in [1.29, 1.82) is 0 Å². The molecule has 0 amide bonds. The van der Waals surface area contributed by atoms with Crippen molar-refractivity contribution in [3.63, 3.8) is 0 Å². The van der Waals surface area contributed by atoms with Gasteiger partial charge in [0.2, 0.25) is 0 Å². The van der Waals surface area contributed by atoms with Gasteiger partial charge in [-0.25, -0.2) is 0 Å². The molecule has 0 spiro atoms. The SMILES string of the molecule is Cc1c2c(Cl)cc(N)cc2nn1C. The number of benzene rings is 1. The van der Waals surface area contributed by atoms with Crippen LogP contribution >= 0.6 is 11.6 Å². The first-order valence-corrected chi connectivity index (χ1v) is 4.35. The van der Waals surface area contributed by atoms with Crippen LogP contribution in [0.25, 0.3) is 10.9 Å². The predicted molar refractivity (Wildman–Crippen MR) is 54.9 cm³/mol. The standard InChI is InChI=1S/C9H10ClN3/c1-5-9-7(10)3-6(11)4-8(9)12-13(5)2/h3-4H,11H2,1-2H3. The summed E-state index contributed by atoms with van der Waals surface area (Å²) in [6.07, 6.45) is 0. The monoisotopic (exact) mass is 195 g/mol. The van der Waals surface area contributed by atoms with E-state index in [1.54, 1.807) is 10.7 Å². The van der Waals surface area contributed by atoms with Crippen LogP contribution in [0.5, 0.6) is 0 Å². The zero-order valence-electron chi connectivity index (χ0n) is 7.50. The molecule has 1 heterocycles. The van der Waals surface area contributed by atoms with E-state index in [1.807, 2.05) is 20.0 Å². The van der Waals surface area contributed by atoms with Crippen molar-refractivity contribution in [2.75, 3.05) is 5.73 Å². The number of rotatable bonds is 0. The highest BCUT2D eigenvalue weighted by Crippen LogP contribution is 2.28. The van der Waals surface area contributed by atoms with E-state index in [2.05, 4.69) is 5.10 Å². The summed E-state index contributed by atoms with van der Waals surface area (Å²) in [6, 6.07) is 3.58. The molecule has 1 aromatic heterocycles. The van der Waals surface area contributed by atoms with Crippen LogP contribution in [-0.2, 0) is 7.05 Å². The van der Waals surface area contributed by atoms with Crippen molar-refractivity contribution in [2.45, 2.75) is 6.92 Å². The molecule has 0 radical (unpaired) electrons. The minimum atomic E-state index is 0.649. The van der Waals surface area contributed by atoms with Crippen molar-refractivity contribution < 1.29 is 0 Å². The Morgan fingerprint density at radius 1 is 1.46 bits per heavy atom. The average molecular weight is 196 g/mol. The molecule has 0 unspecified atom stereocenters. The van der Waals surface area contributed by atoms with Crippen LogP contribution in [0.2, 0.25) is 5.02 Å². The second-order valence-corrected chi connectivity index (χ2v) is 3.51. The van der Waals surface area contributed by atoms with Gasteiger partial charge < -0.3 is 5.73 Å². The van der Waals surface area contributed by atoms with E-state index in [0.29, 0.717) is 10.7 Å². The second kappa shape index (κ2) is 2.64. The van der Waals surface area contributed by atoms with Gasteiger partial charge in [0.05, 0.1) is 10.5 Å². The van der Waals surface area contributed by atoms with E-state index in [4.69, 9.17) is 17.3 Å². The van der Waals surface area contributed by atoms with Crippen LogP contribution in [0.4, 0.5) is 5.69 Å². The lowest BCUT2D eigenvalue weighted by molar-refractivity contribution is 0.751. The van der Waals surface area contributed by atoms with E-state index >= 15 is 0 Å². The van der Waals surface area contributed by atoms with Gasteiger partial charge in [-0.1, -0.05) is 11.6 Å². The molecule has 0 bridgehead atoms. The number of fused-ring (bicyclic) bond motifs is 1. The Bertz CT molecular complexity index is 473. The first-order valence-electron chi connectivity index (χ1n) is 3.98. The molecule has 0 fully saturated rings. The molecule has 0 atom stereocenters. The maximum atomic E-state index is 6.05. The Hall–Kier alpha value is -1.22. The van der Waals surface area contributed by atoms with Gasteiger partial charge in [-0.05, 0) is 19.1 Å². The van der Waals surface area contributed by atoms with Crippen LogP contribution in [0.3, 0.4) is 0 Å². The zero-order chi connectivity index (χ0) is 9.59. The summed E-state index contributed by atoms with van der Waals surface area (Å²) in [5.74, 6) is 0. The fourth-order valence-electron chi connectivity index (χ4n) is 1.45. The Labute approximate surface area is 81.1 Å². The highest BCUT2D eigenvalue weighted by molar-refractivity contribution is 6.36. The summed E-state index contributed by atoms with van der Waals surface area (Å²) in [4.78, 5) is 0. The largest absolute Gasteiger partial charge is 0.399 e. The van der Waals surface area contributed by atoms with Crippen molar-refractivity contribution in [1.82, 2.24) is 9.78 Å². The summed E-state index contributed by atoms with van der Waals surface area (Å²) in [5, 5.41) is 5.94. The summed E-state index contributed by atoms with van der Waals surface area (Å²) < 4.78 is 1.80. The number of aromatic nitrogens is 2. The van der Waals surface area contributed by atoms with Crippen molar-refractivity contribution in [3.8, 4) is 0 Å². The molecule has 2 N–H and O–H groups in total. The number of aryl methyl sites for hydroxylation is 2. The first-order chi connectivity index (χ1) is 6.09. The van der Waals surface area contributed by atoms with Gasteiger partial charge in [-0.2, -0.15) is 5.10 Å². The number of nitrogens with zero attached hydrogens (tertiary/aromatic N) is 2. The molecule has 0 saturated carbocycles. The van der Waals surface area contributed by atoms with Gasteiger partial charge in [0.1, 0.15) is 0 Å². The van der Waals surface area contributed by atoms with Crippen LogP contribution < -0.4 is 5.73 Å². The Balaban J connectivity index is 2.94. The minimum Gasteiger partial charge on any atom is -0.399 e. The third-order valence-electron chi connectivity index (χ3n) is 2.20. The maximum absolute atomic E-state index is 6.05. The first kappa shape index (κ1) is 8.38. The molecule has 2 rings (SSSR count). The topological polar surface area (TPSA) is 43.8 Å². The molecule has 0 aliphatic carbocycles. The molecular weight excluding hydrogens is 186 g/mol. The third-order valence-corrected chi connectivity index (χ3v) is 2.49. The fraction of sp³-hybridized carbons (Fsp3) is 0.222. The van der Waals surface area contributed by atoms with Gasteiger partial charge >= 0.3 is 0 Å². The van der Waals surface area contributed by atoms with E-state index in [0.717, 1.165) is 16.6 Å². The van der Waals surface area contributed by atoms with Gasteiger partial charge in [0.15, 0.2) is 0 Å². The minimum absolute atomic E-state index is 0.649. The number of hydrogen-bond acceptors (Lipinski definition) is 2. The van der Waals surface area contributed by atoms with Crippen molar-refractivity contribution in [3.05, 3.63) is 22.8 Å². The Kier molecular flexibility index (Phi) is 1.70. The summed E-state index contributed by atoms with van der Waals surface area (Å²) >= 11 is 6.05. The van der Waals surface area contributed by atoms with E-state index in [1.165, 1.54) is 0 Å². The molecule has 2 aromatic rings. The number of halogens is 1. The third kappa shape index (κ3) is 1.16. The fourth-order valence-corrected chi connectivity index (χ4v) is 1.81. The molecular formula is C9H10ClN3. The van der Waals surface area contributed by atoms with Crippen LogP contribution in [0.15, 0.2) is 12.1 Å². The molecule has 0 aliphatic heterocycles. The predicted octanol–water partition coefficient (Wildman–Crippen LogP) is 2.12. The Morgan fingerprint density at radius 3 is 2.85 bits per heavy atom. The summed E-state index contributed by atoms with van der Waals surface area (Å²) in [6.45, 7) is 1.98. The van der Waals surface area contributed by atoms with Crippen LogP contribution in [-0.4, -0.2) is 9.78 Å². The van der Waals surface area contributed by atoms with Crippen molar-refractivity contribution in [2.24, 2.45) is 7.05 Å². The summed E-state index contributed by atoms with van der Waals surface area (Å²) in [7, 11) is 1.89. The van der Waals surface area contributed by atoms with E-state index in [-0.39, 0.29) is 0 Å². The number of nitrogens with two attached hydrogens (primary N) is 1. The van der Waals surface area contributed by atoms with E-state index in [9.17, 15) is 0 Å². The van der Waals surface area contributed by atoms with Gasteiger partial charge in [-0.3, -0.25) is 4.68 Å². The lowest BCUT2D eigenvalue weighted by Crippen LogP contribution is -1.91. The van der Waals surface area contributed by atoms with Gasteiger partial charge in [0, 0.05) is 23.8 Å². The highest BCUT2D eigenvalue weighted by Gasteiger charge is 2.08. The average Bonchev–Trinajstić information content (AvgIpc) is 2.27. The smallest absolute Gasteiger partial charge is 0.0961 e. The summed E-state index contributed by atoms with van der Waals surface area (Å²) in [5.41, 5.74) is 8.21. The molecule has 0 aliphatic rings. The maximum Gasteiger partial charge on any atom is 0.0961 e. The molecule has 1 aromatic carbocycles. The highest BCUT2D eigenvalue weighted by atomic mass is 35.5. The molecule has 3 nitrogen and oxygen atoms in total. The number of hydrogen-bond donors (Lipinski definition) is 1. The van der Waals surface area contributed by atoms with Crippen molar-refractivity contribution >= 4 is 28.2 Å². The lowest BCUT2D eigenvalue weighted by atomic mass is 10.2. The number of nitrogen functional groups attached to an aromatic ring is 1. The lowest BCUT2D eigenvalue weighted by Gasteiger charge is -1.96. The molecule has 0 saturated heterocycles. The van der Waals surface area contributed by atoms with E-state index < -0.39 is 0 Å². The molecule has 4 heteroatoms. The van der Waals surface area contributed by atoms with Crippen LogP contribution in [0, 0.1) is 6.92 Å². The quantitative estimate of drug-likeness (QED) is 0.655.